The smallest absolute Gasteiger partial charge is 0.328 e. The molecular weight excluding hydrogens is 200 g/mol. The van der Waals surface area contributed by atoms with Gasteiger partial charge in [-0.05, 0) is 0 Å². The zero-order valence-corrected chi connectivity index (χ0v) is 7.83. The third-order valence-corrected chi connectivity index (χ3v) is 1.49. The Bertz CT molecular complexity index is 358. The second-order valence-electron chi connectivity index (χ2n) is 2.63. The number of carbonyl (C=O) groups excluding carboxylic acids is 1. The van der Waals surface area contributed by atoms with Crippen LogP contribution in [0.15, 0.2) is 24.5 Å². The molecule has 80 valence electrons. The van der Waals surface area contributed by atoms with E-state index in [-0.39, 0.29) is 0 Å². The maximum Gasteiger partial charge on any atom is 0.328 e. The zero-order valence-electron chi connectivity index (χ0n) is 7.83. The Balaban J connectivity index is 2.20. The summed E-state index contributed by atoms with van der Waals surface area (Å²) in [5, 5.41) is 18.0. The van der Waals surface area contributed by atoms with Gasteiger partial charge < -0.3 is 10.4 Å². The monoisotopic (exact) mass is 210 g/mol. The fourth-order valence-electron chi connectivity index (χ4n) is 0.852. The van der Waals surface area contributed by atoms with Gasteiger partial charge in [0.15, 0.2) is 0 Å². The molecule has 0 saturated heterocycles. The zero-order chi connectivity index (χ0) is 11.1. The van der Waals surface area contributed by atoms with Crippen LogP contribution in [0, 0.1) is 0 Å². The normalized spacial score (nSPS) is 10.4. The number of aliphatic carboxylic acids is 1. The summed E-state index contributed by atoms with van der Waals surface area (Å²) in [6, 6.07) is 0. The summed E-state index contributed by atoms with van der Waals surface area (Å²) >= 11 is 0. The van der Waals surface area contributed by atoms with Crippen LogP contribution in [0.4, 0.5) is 0 Å². The first-order valence-corrected chi connectivity index (χ1v) is 4.21. The maximum atomic E-state index is 11.0. The third-order valence-electron chi connectivity index (χ3n) is 1.49. The van der Waals surface area contributed by atoms with Gasteiger partial charge >= 0.3 is 5.97 Å². The first-order chi connectivity index (χ1) is 7.18. The van der Waals surface area contributed by atoms with Gasteiger partial charge in [-0.25, -0.2) is 4.79 Å². The lowest BCUT2D eigenvalue weighted by Gasteiger charge is -2.00. The van der Waals surface area contributed by atoms with E-state index in [0.717, 1.165) is 12.2 Å². The minimum atomic E-state index is -1.15. The Morgan fingerprint density at radius 2 is 2.27 bits per heavy atom. The number of nitrogens with zero attached hydrogens (tertiary/aromatic N) is 3. The van der Waals surface area contributed by atoms with Gasteiger partial charge in [-0.1, -0.05) is 5.21 Å². The van der Waals surface area contributed by atoms with E-state index in [1.54, 1.807) is 10.9 Å². The first-order valence-electron chi connectivity index (χ1n) is 4.21. The Labute approximate surface area is 85.4 Å². The van der Waals surface area contributed by atoms with E-state index in [9.17, 15) is 9.59 Å². The molecule has 0 bridgehead atoms. The molecule has 0 unspecified atom stereocenters. The van der Waals surface area contributed by atoms with Gasteiger partial charge in [-0.2, -0.15) is 0 Å². The Morgan fingerprint density at radius 3 is 2.87 bits per heavy atom. The maximum absolute atomic E-state index is 11.0. The van der Waals surface area contributed by atoms with Crippen molar-refractivity contribution in [2.45, 2.75) is 6.54 Å². The molecule has 1 rings (SSSR count). The number of nitrogens with one attached hydrogen (secondary N) is 1. The van der Waals surface area contributed by atoms with Gasteiger partial charge in [0.25, 0.3) is 0 Å². The van der Waals surface area contributed by atoms with Crippen LogP contribution in [-0.4, -0.2) is 38.5 Å². The van der Waals surface area contributed by atoms with E-state index >= 15 is 0 Å². The highest BCUT2D eigenvalue weighted by Crippen LogP contribution is 1.80. The van der Waals surface area contributed by atoms with E-state index in [0.29, 0.717) is 13.1 Å². The lowest BCUT2D eigenvalue weighted by Crippen LogP contribution is -2.25. The Hall–Kier alpha value is -2.18. The average Bonchev–Trinajstić information content (AvgIpc) is 2.67. The summed E-state index contributed by atoms with van der Waals surface area (Å²) in [7, 11) is 0. The number of carboxylic acid groups (broad SMARTS) is 1. The number of carboxylic acids is 1. The molecular formula is C8H10N4O3. The predicted octanol–water partition coefficient (Wildman–Crippen LogP) is -0.965. The van der Waals surface area contributed by atoms with E-state index in [1.165, 1.54) is 6.20 Å². The highest BCUT2D eigenvalue weighted by atomic mass is 16.4. The molecule has 0 aliphatic rings. The topological polar surface area (TPSA) is 97.1 Å². The summed E-state index contributed by atoms with van der Waals surface area (Å²) in [5.41, 5.74) is 0. The van der Waals surface area contributed by atoms with Crippen molar-refractivity contribution in [1.82, 2.24) is 20.3 Å². The Morgan fingerprint density at radius 1 is 1.47 bits per heavy atom. The molecule has 0 radical (unpaired) electrons. The van der Waals surface area contributed by atoms with Crippen molar-refractivity contribution in [2.24, 2.45) is 0 Å². The molecule has 1 heterocycles. The molecule has 0 aliphatic heterocycles. The van der Waals surface area contributed by atoms with Crippen molar-refractivity contribution in [3.8, 4) is 0 Å². The first kappa shape index (κ1) is 10.9. The fourth-order valence-corrected chi connectivity index (χ4v) is 0.852. The highest BCUT2D eigenvalue weighted by Gasteiger charge is 1.96. The van der Waals surface area contributed by atoms with Crippen molar-refractivity contribution >= 4 is 11.9 Å². The molecule has 1 aromatic rings. The number of amides is 1. The van der Waals surface area contributed by atoms with Crippen LogP contribution in [0.25, 0.3) is 0 Å². The number of carbonyl (C=O) groups is 2. The molecule has 15 heavy (non-hydrogen) atoms. The number of hydrogen-bond acceptors (Lipinski definition) is 4. The lowest BCUT2D eigenvalue weighted by molar-refractivity contribution is -0.131. The minimum Gasteiger partial charge on any atom is -0.478 e. The molecule has 0 aliphatic carbocycles. The highest BCUT2D eigenvalue weighted by molar-refractivity contribution is 5.93. The summed E-state index contributed by atoms with van der Waals surface area (Å²) in [6.45, 7) is 0.860. The third kappa shape index (κ3) is 4.55. The molecule has 2 N–H and O–H groups in total. The van der Waals surface area contributed by atoms with Crippen LogP contribution in [0.3, 0.4) is 0 Å². The second-order valence-corrected chi connectivity index (χ2v) is 2.63. The van der Waals surface area contributed by atoms with Crippen molar-refractivity contribution in [1.29, 1.82) is 0 Å². The fraction of sp³-hybridized carbons (Fsp3) is 0.250. The number of aromatic nitrogens is 3. The van der Waals surface area contributed by atoms with Crippen LogP contribution in [-0.2, 0) is 16.1 Å². The summed E-state index contributed by atoms with van der Waals surface area (Å²) in [6.07, 6.45) is 4.94. The summed E-state index contributed by atoms with van der Waals surface area (Å²) < 4.78 is 1.56. The van der Waals surface area contributed by atoms with Crippen molar-refractivity contribution < 1.29 is 14.7 Å². The predicted molar refractivity (Wildman–Crippen MR) is 49.8 cm³/mol. The standard InChI is InChI=1S/C8H10N4O3/c13-7(1-2-8(14)15)9-3-5-12-6-4-10-11-12/h1-2,4,6H,3,5H2,(H,9,13)(H,14,15)/b2-1+. The van der Waals surface area contributed by atoms with Crippen molar-refractivity contribution in [3.05, 3.63) is 24.5 Å². The van der Waals surface area contributed by atoms with Gasteiger partial charge in [0, 0.05) is 24.9 Å². The van der Waals surface area contributed by atoms with E-state index in [1.807, 2.05) is 0 Å². The quantitative estimate of drug-likeness (QED) is 0.610. The van der Waals surface area contributed by atoms with Crippen LogP contribution in [0.2, 0.25) is 0 Å². The molecule has 7 heteroatoms. The van der Waals surface area contributed by atoms with Crippen LogP contribution < -0.4 is 5.32 Å². The van der Waals surface area contributed by atoms with Crippen LogP contribution in [0.5, 0.6) is 0 Å². The van der Waals surface area contributed by atoms with E-state index in [2.05, 4.69) is 15.6 Å². The van der Waals surface area contributed by atoms with Gasteiger partial charge in [-0.15, -0.1) is 5.10 Å². The molecule has 1 aromatic heterocycles. The van der Waals surface area contributed by atoms with Gasteiger partial charge in [0.05, 0.1) is 12.7 Å². The molecule has 0 fully saturated rings. The van der Waals surface area contributed by atoms with Crippen LogP contribution in [0.1, 0.15) is 0 Å². The van der Waals surface area contributed by atoms with Gasteiger partial charge in [0.1, 0.15) is 0 Å². The van der Waals surface area contributed by atoms with E-state index < -0.39 is 11.9 Å². The van der Waals surface area contributed by atoms with Crippen LogP contribution >= 0.6 is 0 Å². The summed E-state index contributed by atoms with van der Waals surface area (Å²) in [5.74, 6) is -1.60. The van der Waals surface area contributed by atoms with Crippen molar-refractivity contribution in [2.75, 3.05) is 6.54 Å². The molecule has 0 aromatic carbocycles. The van der Waals surface area contributed by atoms with Gasteiger partial charge in [0.2, 0.25) is 5.91 Å². The Kier molecular flexibility index (Phi) is 4.02. The van der Waals surface area contributed by atoms with Gasteiger partial charge in [-0.3, -0.25) is 9.48 Å². The minimum absolute atomic E-state index is 0.367. The summed E-state index contributed by atoms with van der Waals surface area (Å²) in [4.78, 5) is 21.0. The lowest BCUT2D eigenvalue weighted by atomic mass is 10.4. The number of rotatable bonds is 5. The largest absolute Gasteiger partial charge is 0.478 e. The SMILES string of the molecule is O=C(O)/C=C/C(=O)NCCn1ccnn1. The molecule has 0 saturated carbocycles. The van der Waals surface area contributed by atoms with E-state index in [4.69, 9.17) is 5.11 Å². The average molecular weight is 210 g/mol. The second kappa shape index (κ2) is 5.53. The molecule has 0 spiro atoms. The van der Waals surface area contributed by atoms with Crippen molar-refractivity contribution in [3.63, 3.8) is 0 Å². The molecule has 1 amide bonds. The molecule has 0 atom stereocenters. The molecule has 7 nitrogen and oxygen atoms in total. The number of hydrogen-bond donors (Lipinski definition) is 2.